The number of nitrogens with one attached hydrogen (secondary N) is 1. The molecule has 2 aromatic rings. The molecule has 2 N–H and O–H groups in total. The molecule has 4 rings (SSSR count). The van der Waals surface area contributed by atoms with Gasteiger partial charge in [0, 0.05) is 36.6 Å². The van der Waals surface area contributed by atoms with E-state index in [9.17, 15) is 23.1 Å². The predicted molar refractivity (Wildman–Crippen MR) is 125 cm³/mol. The minimum atomic E-state index is -3.81. The molecule has 1 saturated heterocycles. The Labute approximate surface area is 194 Å². The van der Waals surface area contributed by atoms with Crippen molar-refractivity contribution in [2.45, 2.75) is 57.3 Å². The van der Waals surface area contributed by atoms with Gasteiger partial charge in [0.2, 0.25) is 15.9 Å². The Balaban J connectivity index is 1.64. The van der Waals surface area contributed by atoms with Crippen molar-refractivity contribution in [3.05, 3.63) is 35.0 Å². The lowest BCUT2D eigenvalue weighted by Gasteiger charge is -2.30. The lowest BCUT2D eigenvalue weighted by atomic mass is 9.84. The van der Waals surface area contributed by atoms with Crippen LogP contribution in [0.3, 0.4) is 0 Å². The number of fused-ring (bicyclic) bond motifs is 2. The first-order valence-corrected chi connectivity index (χ1v) is 13.1. The summed E-state index contributed by atoms with van der Waals surface area (Å²) in [7, 11) is -3.81. The van der Waals surface area contributed by atoms with Crippen LogP contribution in [0.4, 0.5) is 0 Å². The van der Waals surface area contributed by atoms with Gasteiger partial charge in [-0.15, -0.1) is 0 Å². The predicted octanol–water partition coefficient (Wildman–Crippen LogP) is 2.98. The number of benzene rings is 1. The molecule has 0 radical (unpaired) electrons. The Morgan fingerprint density at radius 3 is 2.61 bits per heavy atom. The number of carboxylic acid groups (broad SMARTS) is 1. The van der Waals surface area contributed by atoms with Gasteiger partial charge >= 0.3 is 5.97 Å². The van der Waals surface area contributed by atoms with Crippen molar-refractivity contribution in [2.24, 2.45) is 11.8 Å². The van der Waals surface area contributed by atoms with Crippen LogP contribution in [0.15, 0.2) is 23.1 Å². The lowest BCUT2D eigenvalue weighted by molar-refractivity contribution is -0.126. The van der Waals surface area contributed by atoms with Crippen molar-refractivity contribution >= 4 is 32.8 Å². The van der Waals surface area contributed by atoms with E-state index in [1.165, 1.54) is 16.4 Å². The van der Waals surface area contributed by atoms with Crippen LogP contribution in [-0.2, 0) is 27.7 Å². The lowest BCUT2D eigenvalue weighted by Crippen LogP contribution is -2.43. The van der Waals surface area contributed by atoms with Gasteiger partial charge in [-0.25, -0.2) is 13.2 Å². The number of aromatic nitrogens is 1. The summed E-state index contributed by atoms with van der Waals surface area (Å²) in [6, 6.07) is 4.58. The maximum Gasteiger partial charge on any atom is 0.336 e. The number of aromatic carboxylic acids is 1. The van der Waals surface area contributed by atoms with E-state index in [1.54, 1.807) is 6.07 Å². The Morgan fingerprint density at radius 1 is 1.21 bits per heavy atom. The molecule has 1 amide bonds. The minimum Gasteiger partial charge on any atom is -0.478 e. The minimum absolute atomic E-state index is 0.0178. The smallest absolute Gasteiger partial charge is 0.336 e. The van der Waals surface area contributed by atoms with E-state index in [-0.39, 0.29) is 35.4 Å². The normalized spacial score (nSPS) is 19.9. The third-order valence-corrected chi connectivity index (χ3v) is 8.69. The first-order chi connectivity index (χ1) is 15.7. The number of hydrogen-bond acceptors (Lipinski definition) is 5. The third kappa shape index (κ3) is 4.61. The number of carbonyl (C=O) groups is 2. The second-order valence-electron chi connectivity index (χ2n) is 9.21. The fourth-order valence-electron chi connectivity index (χ4n) is 4.90. The Morgan fingerprint density at radius 2 is 1.94 bits per heavy atom. The topological polar surface area (TPSA) is 117 Å². The van der Waals surface area contributed by atoms with E-state index in [4.69, 9.17) is 0 Å². The summed E-state index contributed by atoms with van der Waals surface area (Å²) in [5, 5.41) is 13.2. The molecular formula is C24H31N3O5S. The van der Waals surface area contributed by atoms with E-state index in [0.717, 1.165) is 30.5 Å². The second-order valence-corrected chi connectivity index (χ2v) is 11.2. The van der Waals surface area contributed by atoms with E-state index >= 15 is 0 Å². The molecule has 1 fully saturated rings. The van der Waals surface area contributed by atoms with Crippen molar-refractivity contribution in [1.82, 2.24) is 14.6 Å². The van der Waals surface area contributed by atoms with Gasteiger partial charge in [0.25, 0.3) is 0 Å². The highest BCUT2D eigenvalue weighted by molar-refractivity contribution is 7.89. The molecule has 1 aromatic carbocycles. The Hall–Kier alpha value is -2.52. The summed E-state index contributed by atoms with van der Waals surface area (Å²) in [4.78, 5) is 29.2. The van der Waals surface area contributed by atoms with Gasteiger partial charge in [-0.05, 0) is 68.2 Å². The summed E-state index contributed by atoms with van der Waals surface area (Å²) >= 11 is 0. The summed E-state index contributed by atoms with van der Waals surface area (Å²) < 4.78 is 28.1. The standard InChI is InChI=1S/C24H31N3O5S/c1-3-10-25-23(28)16-8-11-27(12-9-16)33(31,32)17-5-7-21-19(14-17)22(24(29)30)18-13-15(2)4-6-20(18)26-21/h5,7,14-16H,3-4,6,8-13H2,1-2H3,(H,25,28)(H,29,30)/t15-/m0/s1. The maximum absolute atomic E-state index is 13.4. The summed E-state index contributed by atoms with van der Waals surface area (Å²) in [5.41, 5.74) is 2.20. The van der Waals surface area contributed by atoms with Gasteiger partial charge in [-0.2, -0.15) is 4.31 Å². The quantitative estimate of drug-likeness (QED) is 0.666. The Bertz CT molecular complexity index is 1190. The zero-order valence-corrected chi connectivity index (χ0v) is 20.0. The van der Waals surface area contributed by atoms with Crippen molar-refractivity contribution in [3.8, 4) is 0 Å². The Kier molecular flexibility index (Phi) is 6.72. The molecule has 0 unspecified atom stereocenters. The molecule has 8 nitrogen and oxygen atoms in total. The zero-order chi connectivity index (χ0) is 23.8. The van der Waals surface area contributed by atoms with Crippen LogP contribution in [0.25, 0.3) is 10.9 Å². The highest BCUT2D eigenvalue weighted by Gasteiger charge is 2.33. The molecular weight excluding hydrogens is 442 g/mol. The summed E-state index contributed by atoms with van der Waals surface area (Å²) in [6.07, 6.45) is 4.11. The average molecular weight is 474 g/mol. The van der Waals surface area contributed by atoms with Crippen LogP contribution < -0.4 is 5.32 Å². The fourth-order valence-corrected chi connectivity index (χ4v) is 6.39. The second kappa shape index (κ2) is 9.38. The number of hydrogen-bond donors (Lipinski definition) is 2. The van der Waals surface area contributed by atoms with Crippen molar-refractivity contribution in [2.75, 3.05) is 19.6 Å². The number of pyridine rings is 1. The molecule has 1 aromatic heterocycles. The van der Waals surface area contributed by atoms with E-state index in [1.807, 2.05) is 6.92 Å². The molecule has 0 bridgehead atoms. The number of carbonyl (C=O) groups excluding carboxylic acids is 1. The van der Waals surface area contributed by atoms with Gasteiger partial charge in [0.1, 0.15) is 0 Å². The van der Waals surface area contributed by atoms with Gasteiger partial charge in [0.05, 0.1) is 16.0 Å². The summed E-state index contributed by atoms with van der Waals surface area (Å²) in [5.74, 6) is -0.898. The van der Waals surface area contributed by atoms with Gasteiger partial charge < -0.3 is 10.4 Å². The molecule has 0 spiro atoms. The number of nitrogens with zero attached hydrogens (tertiary/aromatic N) is 2. The van der Waals surface area contributed by atoms with Gasteiger partial charge in [-0.3, -0.25) is 9.78 Å². The number of rotatable bonds is 6. The largest absolute Gasteiger partial charge is 0.478 e. The molecule has 9 heteroatoms. The average Bonchev–Trinajstić information content (AvgIpc) is 2.80. The maximum atomic E-state index is 13.4. The van der Waals surface area contributed by atoms with Crippen molar-refractivity contribution in [1.29, 1.82) is 0 Å². The number of sulfonamides is 1. The van der Waals surface area contributed by atoms with Crippen LogP contribution in [0.1, 0.15) is 61.1 Å². The van der Waals surface area contributed by atoms with E-state index in [2.05, 4.69) is 17.2 Å². The van der Waals surface area contributed by atoms with Crippen LogP contribution >= 0.6 is 0 Å². The van der Waals surface area contributed by atoms with Gasteiger partial charge in [-0.1, -0.05) is 13.8 Å². The van der Waals surface area contributed by atoms with E-state index < -0.39 is 16.0 Å². The highest BCUT2D eigenvalue weighted by Crippen LogP contribution is 2.33. The molecule has 178 valence electrons. The molecule has 2 heterocycles. The number of aryl methyl sites for hydroxylation is 1. The van der Waals surface area contributed by atoms with Crippen LogP contribution in [0.5, 0.6) is 0 Å². The fraction of sp³-hybridized carbons (Fsp3) is 0.542. The van der Waals surface area contributed by atoms with E-state index in [0.29, 0.717) is 42.6 Å². The van der Waals surface area contributed by atoms with Crippen LogP contribution in [0.2, 0.25) is 0 Å². The number of carboxylic acids is 1. The van der Waals surface area contributed by atoms with Crippen molar-refractivity contribution < 1.29 is 23.1 Å². The number of piperidine rings is 1. The zero-order valence-electron chi connectivity index (χ0n) is 19.1. The molecule has 1 aliphatic heterocycles. The SMILES string of the molecule is CCCNC(=O)C1CCN(S(=O)(=O)c2ccc3nc4c(c(C(=O)O)c3c2)C[C@@H](C)CC4)CC1. The van der Waals surface area contributed by atoms with Crippen molar-refractivity contribution in [3.63, 3.8) is 0 Å². The molecule has 2 aliphatic rings. The highest BCUT2D eigenvalue weighted by atomic mass is 32.2. The molecule has 0 saturated carbocycles. The first-order valence-electron chi connectivity index (χ1n) is 11.7. The third-order valence-electron chi connectivity index (χ3n) is 6.80. The first kappa shape index (κ1) is 23.6. The van der Waals surface area contributed by atoms with Crippen LogP contribution in [-0.4, -0.2) is 54.3 Å². The number of amides is 1. The molecule has 1 atom stereocenters. The molecule has 33 heavy (non-hydrogen) atoms. The monoisotopic (exact) mass is 473 g/mol. The van der Waals surface area contributed by atoms with Gasteiger partial charge in [0.15, 0.2) is 0 Å². The molecule has 1 aliphatic carbocycles. The van der Waals surface area contributed by atoms with Crippen LogP contribution in [0, 0.1) is 11.8 Å². The summed E-state index contributed by atoms with van der Waals surface area (Å²) in [6.45, 7) is 5.22.